The first kappa shape index (κ1) is 46.8. The molecule has 17 heteroatoms. The minimum Gasteiger partial charge on any atom is -0.493 e. The third-order valence-corrected chi connectivity index (χ3v) is 13.2. The molecular formula is C51H43F2N5O8S2. The Balaban J connectivity index is 1.07. The zero-order valence-electron chi connectivity index (χ0n) is 37.6. The van der Waals surface area contributed by atoms with E-state index in [0.717, 1.165) is 0 Å². The molecule has 4 heterocycles. The maximum absolute atomic E-state index is 16.8. The van der Waals surface area contributed by atoms with Crippen molar-refractivity contribution in [3.63, 3.8) is 0 Å². The van der Waals surface area contributed by atoms with Crippen LogP contribution in [0.15, 0.2) is 102 Å². The van der Waals surface area contributed by atoms with Crippen molar-refractivity contribution in [2.75, 3.05) is 60.5 Å². The lowest BCUT2D eigenvalue weighted by molar-refractivity contribution is 0.0901. The zero-order chi connectivity index (χ0) is 48.2. The highest BCUT2D eigenvalue weighted by atomic mass is 32.1. The van der Waals surface area contributed by atoms with Crippen molar-refractivity contribution in [2.45, 2.75) is 6.42 Å². The molecule has 346 valence electrons. The van der Waals surface area contributed by atoms with E-state index in [1.165, 1.54) is 75.4 Å². The summed E-state index contributed by atoms with van der Waals surface area (Å²) in [5.74, 6) is -1.17. The van der Waals surface area contributed by atoms with Crippen LogP contribution in [0, 0.1) is 11.6 Å². The van der Waals surface area contributed by atoms with Crippen molar-refractivity contribution in [3.8, 4) is 45.5 Å². The number of thiophene rings is 2. The fourth-order valence-electron chi connectivity index (χ4n) is 7.68. The number of Topliss-reactive ketones (excluding diaryl/α,β-unsaturated/α-hetero) is 2. The van der Waals surface area contributed by atoms with Crippen LogP contribution in [0.2, 0.25) is 0 Å². The van der Waals surface area contributed by atoms with Gasteiger partial charge in [0, 0.05) is 64.3 Å². The Bertz CT molecular complexity index is 3280. The number of anilines is 1. The van der Waals surface area contributed by atoms with Crippen LogP contribution in [0.4, 0.5) is 14.5 Å². The fourth-order valence-corrected chi connectivity index (χ4v) is 9.66. The van der Waals surface area contributed by atoms with Gasteiger partial charge in [0.15, 0.2) is 34.6 Å². The van der Waals surface area contributed by atoms with Gasteiger partial charge in [-0.2, -0.15) is 0 Å². The predicted molar refractivity (Wildman–Crippen MR) is 260 cm³/mol. The second kappa shape index (κ2) is 20.0. The number of methoxy groups -OCH3 is 4. The van der Waals surface area contributed by atoms with E-state index in [2.05, 4.69) is 10.6 Å². The first-order valence-electron chi connectivity index (χ1n) is 20.9. The summed E-state index contributed by atoms with van der Waals surface area (Å²) >= 11 is 2.38. The number of fused-ring (bicyclic) bond motifs is 2. The number of ketones is 2. The van der Waals surface area contributed by atoms with Crippen molar-refractivity contribution < 1.29 is 46.9 Å². The van der Waals surface area contributed by atoms with Crippen molar-refractivity contribution in [3.05, 3.63) is 147 Å². The van der Waals surface area contributed by atoms with E-state index in [-0.39, 0.29) is 42.0 Å². The summed E-state index contributed by atoms with van der Waals surface area (Å²) in [5.41, 5.74) is 4.30. The van der Waals surface area contributed by atoms with Gasteiger partial charge in [0.05, 0.1) is 68.0 Å². The van der Waals surface area contributed by atoms with Gasteiger partial charge in [-0.25, -0.2) is 18.7 Å². The number of nitrogens with one attached hydrogen (secondary N) is 2. The molecule has 0 atom stereocenters. The molecule has 0 fully saturated rings. The molecule has 2 N–H and O–H groups in total. The van der Waals surface area contributed by atoms with Crippen LogP contribution in [0.25, 0.3) is 42.7 Å². The Morgan fingerprint density at radius 1 is 0.588 bits per heavy atom. The number of nitrogens with zero attached hydrogens (tertiary/aromatic N) is 3. The lowest BCUT2D eigenvalue weighted by atomic mass is 9.96. The molecule has 0 aliphatic rings. The number of halogens is 2. The van der Waals surface area contributed by atoms with Crippen molar-refractivity contribution >= 4 is 71.9 Å². The highest BCUT2D eigenvalue weighted by molar-refractivity contribution is 7.18. The summed E-state index contributed by atoms with van der Waals surface area (Å²) in [5, 5.41) is 10.0. The van der Waals surface area contributed by atoms with E-state index in [0.29, 0.717) is 82.5 Å². The van der Waals surface area contributed by atoms with E-state index >= 15 is 4.39 Å². The summed E-state index contributed by atoms with van der Waals surface area (Å²) in [7, 11) is 9.56. The number of hydrogen-bond donors (Lipinski definition) is 2. The Kier molecular flexibility index (Phi) is 13.8. The van der Waals surface area contributed by atoms with Crippen LogP contribution < -0.4 is 34.5 Å². The molecule has 4 aromatic carbocycles. The second-order valence-electron chi connectivity index (χ2n) is 15.5. The molecule has 13 nitrogen and oxygen atoms in total. The Morgan fingerprint density at radius 2 is 1.10 bits per heavy atom. The van der Waals surface area contributed by atoms with E-state index in [1.54, 1.807) is 77.5 Å². The summed E-state index contributed by atoms with van der Waals surface area (Å²) in [6.45, 7) is -0.703. The number of benzene rings is 4. The highest BCUT2D eigenvalue weighted by Gasteiger charge is 2.24. The average Bonchev–Trinajstić information content (AvgIpc) is 4.01. The molecule has 0 saturated carbocycles. The number of amides is 2. The second-order valence-corrected chi connectivity index (χ2v) is 17.3. The number of rotatable bonds is 17. The smallest absolute Gasteiger partial charge is 0.251 e. The molecular weight excluding hydrogens is 913 g/mol. The molecule has 0 bridgehead atoms. The highest BCUT2D eigenvalue weighted by Crippen LogP contribution is 2.41. The van der Waals surface area contributed by atoms with Crippen LogP contribution >= 0.6 is 22.7 Å². The molecule has 68 heavy (non-hydrogen) atoms. The lowest BCUT2D eigenvalue weighted by Crippen LogP contribution is -2.30. The molecule has 0 aliphatic heterocycles. The standard InChI is InChI=1S/C51H43F2N5O8S2/c1-58(2)38-17-16-37(40(60)24-55-51(62)30-13-19-42(64-4)44(22-30)66-6)57-47(38)34-26-68-49-32(34)14-10-27(45(49)53)20-28-11-15-36(56-46(28)33-25-67-48-31(33)8-7-9-35(48)52)39(59)23-54-50(61)29-12-18-41(63-3)43(21-29)65-5/h7-19,21-22,25-26H,20,23-24H2,1-6H3,(H,54,61)(H,55,62). The minimum absolute atomic E-state index is 0.0520. The van der Waals surface area contributed by atoms with Crippen LogP contribution in [0.1, 0.15) is 52.8 Å². The number of carbonyl (C=O) groups excluding carboxylic acids is 4. The van der Waals surface area contributed by atoms with Crippen LogP contribution in [-0.4, -0.2) is 89.0 Å². The quantitative estimate of drug-likeness (QED) is 0.0838. The average molecular weight is 956 g/mol. The van der Waals surface area contributed by atoms with Gasteiger partial charge in [-0.3, -0.25) is 19.2 Å². The van der Waals surface area contributed by atoms with E-state index < -0.39 is 35.0 Å². The molecule has 0 saturated heterocycles. The number of hydrogen-bond acceptors (Lipinski definition) is 13. The largest absolute Gasteiger partial charge is 0.493 e. The normalized spacial score (nSPS) is 11.1. The Labute approximate surface area is 397 Å². The monoisotopic (exact) mass is 955 g/mol. The SMILES string of the molecule is COc1ccc(C(=O)NCC(=O)c2ccc(Cc3ccc4c(-c5nc(C(=O)CNC(=O)c6ccc(OC)c(OC)c6)ccc5N(C)C)csc4c3F)c(-c3csc4c(F)cccc34)n2)cc1OC. The van der Waals surface area contributed by atoms with Crippen LogP contribution in [0.5, 0.6) is 23.0 Å². The number of ether oxygens (including phenoxy) is 4. The van der Waals surface area contributed by atoms with Gasteiger partial charge >= 0.3 is 0 Å². The first-order chi connectivity index (χ1) is 32.8. The van der Waals surface area contributed by atoms with E-state index in [1.807, 2.05) is 19.0 Å². The minimum atomic E-state index is -0.512. The number of pyridine rings is 2. The third kappa shape index (κ3) is 9.30. The van der Waals surface area contributed by atoms with E-state index in [9.17, 15) is 23.6 Å². The van der Waals surface area contributed by atoms with Gasteiger partial charge in [-0.05, 0) is 71.8 Å². The number of carbonyl (C=O) groups is 4. The Hall–Kier alpha value is -7.76. The molecule has 4 aromatic heterocycles. The Morgan fingerprint density at radius 3 is 1.68 bits per heavy atom. The van der Waals surface area contributed by atoms with Gasteiger partial charge in [0.25, 0.3) is 11.8 Å². The van der Waals surface area contributed by atoms with Gasteiger partial charge in [-0.15, -0.1) is 22.7 Å². The summed E-state index contributed by atoms with van der Waals surface area (Å²) in [4.78, 5) is 64.6. The molecule has 8 rings (SSSR count). The molecule has 8 aromatic rings. The van der Waals surface area contributed by atoms with Gasteiger partial charge in [0.2, 0.25) is 0 Å². The van der Waals surface area contributed by atoms with Gasteiger partial charge in [0.1, 0.15) is 23.0 Å². The third-order valence-electron chi connectivity index (χ3n) is 11.2. The van der Waals surface area contributed by atoms with Crippen LogP contribution in [-0.2, 0) is 6.42 Å². The summed E-state index contributed by atoms with van der Waals surface area (Å²) in [6, 6.07) is 24.1. The molecule has 0 aliphatic carbocycles. The molecule has 0 spiro atoms. The zero-order valence-corrected chi connectivity index (χ0v) is 39.2. The maximum atomic E-state index is 16.8. The van der Waals surface area contributed by atoms with E-state index in [4.69, 9.17) is 28.9 Å². The molecule has 2 amide bonds. The van der Waals surface area contributed by atoms with Crippen molar-refractivity contribution in [1.29, 1.82) is 0 Å². The topological polar surface area (TPSA) is 158 Å². The first-order valence-corrected chi connectivity index (χ1v) is 22.7. The van der Waals surface area contributed by atoms with Gasteiger partial charge < -0.3 is 34.5 Å². The molecule has 0 unspecified atom stereocenters. The summed E-state index contributed by atoms with van der Waals surface area (Å²) in [6.07, 6.45) is 0.0642. The van der Waals surface area contributed by atoms with Crippen molar-refractivity contribution in [1.82, 2.24) is 20.6 Å². The summed E-state index contributed by atoms with van der Waals surface area (Å²) < 4.78 is 53.7. The molecule has 0 radical (unpaired) electrons. The predicted octanol–water partition coefficient (Wildman–Crippen LogP) is 9.43. The van der Waals surface area contributed by atoms with Crippen molar-refractivity contribution in [2.24, 2.45) is 0 Å². The number of aromatic nitrogens is 2. The van der Waals surface area contributed by atoms with Gasteiger partial charge in [-0.1, -0.05) is 30.3 Å². The maximum Gasteiger partial charge on any atom is 0.251 e. The van der Waals surface area contributed by atoms with Crippen LogP contribution in [0.3, 0.4) is 0 Å². The fraction of sp³-hybridized carbons (Fsp3) is 0.176. The lowest BCUT2D eigenvalue weighted by Gasteiger charge is -2.17.